The van der Waals surface area contributed by atoms with Crippen LogP contribution in [0, 0.1) is 11.8 Å². The lowest BCUT2D eigenvalue weighted by molar-refractivity contribution is 0.350. The van der Waals surface area contributed by atoms with Crippen molar-refractivity contribution in [3.8, 4) is 17.6 Å². The molecule has 30 heavy (non-hydrogen) atoms. The maximum atomic E-state index is 10.9. The summed E-state index contributed by atoms with van der Waals surface area (Å²) in [6, 6.07) is 7.58. The van der Waals surface area contributed by atoms with Gasteiger partial charge < -0.3 is 14.6 Å². The van der Waals surface area contributed by atoms with Gasteiger partial charge in [-0.1, -0.05) is 63.3 Å². The van der Waals surface area contributed by atoms with E-state index in [4.69, 9.17) is 21.1 Å². The Kier molecular flexibility index (Phi) is 7.07. The van der Waals surface area contributed by atoms with Gasteiger partial charge in [0, 0.05) is 11.4 Å². The van der Waals surface area contributed by atoms with E-state index in [0.717, 1.165) is 29.5 Å². The number of phenols is 1. The van der Waals surface area contributed by atoms with Crippen molar-refractivity contribution in [3.05, 3.63) is 57.4 Å². The molecule has 5 heteroatoms. The van der Waals surface area contributed by atoms with E-state index in [1.165, 1.54) is 0 Å². The highest BCUT2D eigenvalue weighted by Gasteiger charge is 2.19. The number of phenolic OH excluding ortho intramolecular Hbond substituents is 1. The maximum Gasteiger partial charge on any atom is 0.199 e. The highest BCUT2D eigenvalue weighted by molar-refractivity contribution is 6.31. The number of hydrogen-bond donors (Lipinski definition) is 2. The molecule has 2 N–H and O–H groups in total. The molecule has 3 aromatic rings. The zero-order valence-corrected chi connectivity index (χ0v) is 18.7. The van der Waals surface area contributed by atoms with Crippen LogP contribution in [0.1, 0.15) is 80.5 Å². The van der Waals surface area contributed by atoms with E-state index >= 15 is 0 Å². The third-order valence-corrected chi connectivity index (χ3v) is 5.89. The molecule has 1 aromatic heterocycles. The predicted octanol–water partition coefficient (Wildman–Crippen LogP) is 6.15. The minimum absolute atomic E-state index is 0.237. The average molecular weight is 426 g/mol. The first-order valence-electron chi connectivity index (χ1n) is 10.4. The minimum Gasteiger partial charge on any atom is -0.507 e. The Labute approximate surface area is 182 Å². The monoisotopic (exact) mass is 425 g/mol. The SMILES string of the molecule is CCC(C)c1cc(Cc2nc3cc(Cl)cc(C#CCO)c3o2)cc(C(C)CC)c1O. The summed E-state index contributed by atoms with van der Waals surface area (Å²) in [5.41, 5.74) is 4.81. The Balaban J connectivity index is 2.06. The van der Waals surface area contributed by atoms with Gasteiger partial charge in [0.1, 0.15) is 17.9 Å². The summed E-state index contributed by atoms with van der Waals surface area (Å²) in [5.74, 6) is 7.00. The van der Waals surface area contributed by atoms with Crippen molar-refractivity contribution in [2.45, 2.75) is 58.8 Å². The summed E-state index contributed by atoms with van der Waals surface area (Å²) in [5, 5.41) is 20.4. The quantitative estimate of drug-likeness (QED) is 0.465. The largest absolute Gasteiger partial charge is 0.507 e. The van der Waals surface area contributed by atoms with Crippen LogP contribution in [0.3, 0.4) is 0 Å². The van der Waals surface area contributed by atoms with Gasteiger partial charge in [0.2, 0.25) is 0 Å². The molecule has 0 aliphatic rings. The molecule has 2 aromatic carbocycles. The molecule has 0 aliphatic heterocycles. The number of hydrogen-bond acceptors (Lipinski definition) is 4. The van der Waals surface area contributed by atoms with Crippen molar-refractivity contribution in [2.24, 2.45) is 0 Å². The van der Waals surface area contributed by atoms with Crippen molar-refractivity contribution in [1.82, 2.24) is 4.98 Å². The second-order valence-electron chi connectivity index (χ2n) is 7.79. The van der Waals surface area contributed by atoms with E-state index in [1.807, 2.05) is 0 Å². The molecule has 0 aliphatic carbocycles. The van der Waals surface area contributed by atoms with Gasteiger partial charge in [0.25, 0.3) is 0 Å². The Morgan fingerprint density at radius 2 is 1.70 bits per heavy atom. The molecular weight excluding hydrogens is 398 g/mol. The number of aromatic hydroxyl groups is 1. The summed E-state index contributed by atoms with van der Waals surface area (Å²) in [6.07, 6.45) is 2.41. The number of fused-ring (bicyclic) bond motifs is 1. The van der Waals surface area contributed by atoms with Crippen LogP contribution in [0.5, 0.6) is 5.75 Å². The van der Waals surface area contributed by atoms with E-state index in [9.17, 15) is 5.11 Å². The number of nitrogens with zero attached hydrogens (tertiary/aromatic N) is 1. The number of halogens is 1. The van der Waals surface area contributed by atoms with E-state index in [0.29, 0.717) is 39.7 Å². The lowest BCUT2D eigenvalue weighted by atomic mass is 9.87. The first-order chi connectivity index (χ1) is 14.4. The van der Waals surface area contributed by atoms with Crippen LogP contribution >= 0.6 is 11.6 Å². The average Bonchev–Trinajstić information content (AvgIpc) is 3.13. The van der Waals surface area contributed by atoms with Crippen molar-refractivity contribution >= 4 is 22.7 Å². The van der Waals surface area contributed by atoms with Crippen LogP contribution in [0.25, 0.3) is 11.1 Å². The molecule has 0 amide bonds. The molecule has 0 saturated carbocycles. The second-order valence-corrected chi connectivity index (χ2v) is 8.22. The minimum atomic E-state index is -0.237. The molecular formula is C25H28ClNO3. The highest BCUT2D eigenvalue weighted by atomic mass is 35.5. The summed E-state index contributed by atoms with van der Waals surface area (Å²) in [4.78, 5) is 4.61. The fourth-order valence-electron chi connectivity index (χ4n) is 3.56. The number of aliphatic hydroxyl groups excluding tert-OH is 1. The first kappa shape index (κ1) is 22.2. The van der Waals surface area contributed by atoms with E-state index in [2.05, 4.69) is 56.7 Å². The molecule has 2 atom stereocenters. The fraction of sp³-hybridized carbons (Fsp3) is 0.400. The van der Waals surface area contributed by atoms with Crippen LogP contribution in [-0.2, 0) is 6.42 Å². The van der Waals surface area contributed by atoms with Crippen LogP contribution in [-0.4, -0.2) is 21.8 Å². The zero-order chi connectivity index (χ0) is 21.8. The van der Waals surface area contributed by atoms with Crippen molar-refractivity contribution in [3.63, 3.8) is 0 Å². The molecule has 3 rings (SSSR count). The van der Waals surface area contributed by atoms with Crippen molar-refractivity contribution in [2.75, 3.05) is 6.61 Å². The molecule has 1 heterocycles. The Hall–Kier alpha value is -2.48. The fourth-order valence-corrected chi connectivity index (χ4v) is 3.77. The van der Waals surface area contributed by atoms with E-state index in [1.54, 1.807) is 12.1 Å². The number of oxazole rings is 1. The topological polar surface area (TPSA) is 66.5 Å². The standard InChI is InChI=1S/C25H28ClNO3/c1-5-15(3)20-10-17(11-21(24(20)29)16(4)6-2)12-23-27-22-14-19(26)13-18(8-7-9-28)25(22)30-23/h10-11,13-16,28-29H,5-6,9,12H2,1-4H3. The first-order valence-corrected chi connectivity index (χ1v) is 10.8. The Morgan fingerprint density at radius 3 is 2.27 bits per heavy atom. The maximum absolute atomic E-state index is 10.9. The van der Waals surface area contributed by atoms with Gasteiger partial charge in [-0.05, 0) is 53.5 Å². The summed E-state index contributed by atoms with van der Waals surface area (Å²) in [7, 11) is 0. The number of aliphatic hydroxyl groups is 1. The lowest BCUT2D eigenvalue weighted by Gasteiger charge is -2.19. The smallest absolute Gasteiger partial charge is 0.199 e. The van der Waals surface area contributed by atoms with E-state index in [-0.39, 0.29) is 18.4 Å². The van der Waals surface area contributed by atoms with Crippen molar-refractivity contribution in [1.29, 1.82) is 0 Å². The normalized spacial score (nSPS) is 13.1. The third kappa shape index (κ3) is 4.64. The second kappa shape index (κ2) is 9.55. The van der Waals surface area contributed by atoms with Gasteiger partial charge in [-0.3, -0.25) is 0 Å². The molecule has 0 radical (unpaired) electrons. The molecule has 0 spiro atoms. The molecule has 0 fully saturated rings. The third-order valence-electron chi connectivity index (χ3n) is 5.67. The van der Waals surface area contributed by atoms with Gasteiger partial charge >= 0.3 is 0 Å². The van der Waals surface area contributed by atoms with Crippen molar-refractivity contribution < 1.29 is 14.6 Å². The highest BCUT2D eigenvalue weighted by Crippen LogP contribution is 2.38. The van der Waals surface area contributed by atoms with Gasteiger partial charge in [0.15, 0.2) is 11.5 Å². The molecule has 4 nitrogen and oxygen atoms in total. The molecule has 2 unspecified atom stereocenters. The summed E-state index contributed by atoms with van der Waals surface area (Å²) in [6.45, 7) is 8.28. The molecule has 0 bridgehead atoms. The Morgan fingerprint density at radius 1 is 1.07 bits per heavy atom. The molecule has 0 saturated heterocycles. The van der Waals surface area contributed by atoms with Crippen LogP contribution in [0.15, 0.2) is 28.7 Å². The molecule has 158 valence electrons. The number of rotatable bonds is 6. The predicted molar refractivity (Wildman–Crippen MR) is 121 cm³/mol. The number of aromatic nitrogens is 1. The number of benzene rings is 2. The van der Waals surface area contributed by atoms with Crippen LogP contribution in [0.2, 0.25) is 5.02 Å². The van der Waals surface area contributed by atoms with E-state index < -0.39 is 0 Å². The lowest BCUT2D eigenvalue weighted by Crippen LogP contribution is -2.02. The van der Waals surface area contributed by atoms with Gasteiger partial charge in [0.05, 0.1) is 5.56 Å². The van der Waals surface area contributed by atoms with Crippen LogP contribution < -0.4 is 0 Å². The van der Waals surface area contributed by atoms with Gasteiger partial charge in [-0.2, -0.15) is 0 Å². The summed E-state index contributed by atoms with van der Waals surface area (Å²) < 4.78 is 6.02. The van der Waals surface area contributed by atoms with Gasteiger partial charge in [-0.25, -0.2) is 4.98 Å². The zero-order valence-electron chi connectivity index (χ0n) is 17.9. The van der Waals surface area contributed by atoms with Crippen LogP contribution in [0.4, 0.5) is 0 Å². The van der Waals surface area contributed by atoms with Gasteiger partial charge in [-0.15, -0.1) is 0 Å². The Bertz CT molecular complexity index is 1080. The summed E-state index contributed by atoms with van der Waals surface area (Å²) >= 11 is 6.19.